The third-order valence-electron chi connectivity index (χ3n) is 3.87. The lowest BCUT2D eigenvalue weighted by Crippen LogP contribution is -2.21. The molecule has 0 saturated heterocycles. The average Bonchev–Trinajstić information content (AvgIpc) is 2.78. The van der Waals surface area contributed by atoms with Gasteiger partial charge in [-0.15, -0.1) is 0 Å². The van der Waals surface area contributed by atoms with E-state index in [-0.39, 0.29) is 5.82 Å². The summed E-state index contributed by atoms with van der Waals surface area (Å²) in [5.41, 5.74) is 7.29. The van der Waals surface area contributed by atoms with E-state index in [1.54, 1.807) is 6.07 Å². The van der Waals surface area contributed by atoms with Crippen LogP contribution in [0.4, 0.5) is 4.39 Å². The molecule has 0 aliphatic carbocycles. The van der Waals surface area contributed by atoms with Crippen molar-refractivity contribution in [3.63, 3.8) is 0 Å². The lowest BCUT2D eigenvalue weighted by atomic mass is 9.94. The number of aromatic nitrogens is 2. The highest BCUT2D eigenvalue weighted by molar-refractivity contribution is 5.76. The minimum atomic E-state index is -0.239. The van der Waals surface area contributed by atoms with Gasteiger partial charge in [0.15, 0.2) is 5.82 Å². The molecule has 2 rings (SSSR count). The molecule has 0 spiro atoms. The number of nitrogens with two attached hydrogens (primary N) is 1. The van der Waals surface area contributed by atoms with E-state index in [1.807, 2.05) is 6.07 Å². The van der Waals surface area contributed by atoms with Crippen LogP contribution in [-0.2, 0) is 13.0 Å². The molecular formula is C17H26FN3. The topological polar surface area (TPSA) is 43.8 Å². The van der Waals surface area contributed by atoms with Gasteiger partial charge in [-0.05, 0) is 43.4 Å². The van der Waals surface area contributed by atoms with Gasteiger partial charge < -0.3 is 10.3 Å². The quantitative estimate of drug-likeness (QED) is 0.844. The maximum absolute atomic E-state index is 13.9. The number of benzene rings is 1. The van der Waals surface area contributed by atoms with Crippen LogP contribution in [0, 0.1) is 17.7 Å². The Morgan fingerprint density at radius 1 is 1.33 bits per heavy atom. The standard InChI is InChI=1S/C17H26FN3/c1-4-8-21-15-7-5-6-14(18)17(15)20-16(21)10-13(11-19)9-12(2)3/h5-7,12-13H,4,8-11,19H2,1-3H3. The summed E-state index contributed by atoms with van der Waals surface area (Å²) in [7, 11) is 0. The molecule has 0 saturated carbocycles. The minimum absolute atomic E-state index is 0.239. The first-order chi connectivity index (χ1) is 10.1. The molecule has 2 aromatic rings. The lowest BCUT2D eigenvalue weighted by molar-refractivity contribution is 0.403. The van der Waals surface area contributed by atoms with Gasteiger partial charge in [-0.1, -0.05) is 26.8 Å². The third kappa shape index (κ3) is 3.62. The summed E-state index contributed by atoms with van der Waals surface area (Å²) in [6, 6.07) is 5.18. The summed E-state index contributed by atoms with van der Waals surface area (Å²) in [5, 5.41) is 0. The van der Waals surface area contributed by atoms with E-state index in [0.717, 1.165) is 37.1 Å². The van der Waals surface area contributed by atoms with Crippen molar-refractivity contribution in [1.29, 1.82) is 0 Å². The molecule has 0 aliphatic rings. The Labute approximate surface area is 126 Å². The van der Waals surface area contributed by atoms with Crippen LogP contribution in [0.25, 0.3) is 11.0 Å². The Kier molecular flexibility index (Phi) is 5.34. The van der Waals surface area contributed by atoms with Crippen molar-refractivity contribution in [1.82, 2.24) is 9.55 Å². The molecule has 0 amide bonds. The van der Waals surface area contributed by atoms with Gasteiger partial charge in [0.1, 0.15) is 11.3 Å². The second-order valence-electron chi connectivity index (χ2n) is 6.22. The molecule has 1 unspecified atom stereocenters. The Morgan fingerprint density at radius 3 is 2.71 bits per heavy atom. The molecule has 0 radical (unpaired) electrons. The highest BCUT2D eigenvalue weighted by Crippen LogP contribution is 2.23. The summed E-state index contributed by atoms with van der Waals surface area (Å²) in [6.45, 7) is 8.06. The van der Waals surface area contributed by atoms with Gasteiger partial charge in [0.05, 0.1) is 5.52 Å². The number of para-hydroxylation sites is 1. The molecule has 2 N–H and O–H groups in total. The van der Waals surface area contributed by atoms with Gasteiger partial charge in [-0.3, -0.25) is 0 Å². The first kappa shape index (κ1) is 16.0. The fourth-order valence-electron chi connectivity index (χ4n) is 2.98. The van der Waals surface area contributed by atoms with E-state index in [1.165, 1.54) is 6.07 Å². The van der Waals surface area contributed by atoms with Crippen LogP contribution in [0.2, 0.25) is 0 Å². The van der Waals surface area contributed by atoms with Crippen molar-refractivity contribution in [2.24, 2.45) is 17.6 Å². The van der Waals surface area contributed by atoms with E-state index < -0.39 is 0 Å². The number of fused-ring (bicyclic) bond motifs is 1. The van der Waals surface area contributed by atoms with Crippen molar-refractivity contribution >= 4 is 11.0 Å². The molecule has 1 aromatic heterocycles. The first-order valence-electron chi connectivity index (χ1n) is 7.90. The van der Waals surface area contributed by atoms with Crippen LogP contribution in [-0.4, -0.2) is 16.1 Å². The fourth-order valence-corrected chi connectivity index (χ4v) is 2.98. The SMILES string of the molecule is CCCn1c(CC(CN)CC(C)C)nc2c(F)cccc21. The number of imidazole rings is 1. The Bertz CT molecular complexity index is 589. The highest BCUT2D eigenvalue weighted by atomic mass is 19.1. The number of halogens is 1. The van der Waals surface area contributed by atoms with Crippen LogP contribution < -0.4 is 5.73 Å². The van der Waals surface area contributed by atoms with Crippen molar-refractivity contribution in [3.05, 3.63) is 29.8 Å². The Morgan fingerprint density at radius 2 is 2.10 bits per heavy atom. The van der Waals surface area contributed by atoms with Gasteiger partial charge in [0, 0.05) is 13.0 Å². The van der Waals surface area contributed by atoms with Crippen LogP contribution in [0.5, 0.6) is 0 Å². The average molecular weight is 291 g/mol. The number of hydrogen-bond acceptors (Lipinski definition) is 2. The summed E-state index contributed by atoms with van der Waals surface area (Å²) in [5.74, 6) is 1.74. The van der Waals surface area contributed by atoms with Crippen molar-refractivity contribution in [3.8, 4) is 0 Å². The van der Waals surface area contributed by atoms with E-state index in [4.69, 9.17) is 5.73 Å². The smallest absolute Gasteiger partial charge is 0.151 e. The first-order valence-corrected chi connectivity index (χ1v) is 7.90. The zero-order valence-corrected chi connectivity index (χ0v) is 13.3. The van der Waals surface area contributed by atoms with E-state index in [9.17, 15) is 4.39 Å². The maximum Gasteiger partial charge on any atom is 0.151 e. The van der Waals surface area contributed by atoms with E-state index in [0.29, 0.717) is 23.9 Å². The molecule has 1 aromatic carbocycles. The molecule has 4 heteroatoms. The van der Waals surface area contributed by atoms with E-state index >= 15 is 0 Å². The van der Waals surface area contributed by atoms with Crippen molar-refractivity contribution in [2.75, 3.05) is 6.54 Å². The number of nitrogens with zero attached hydrogens (tertiary/aromatic N) is 2. The summed E-state index contributed by atoms with van der Waals surface area (Å²) in [4.78, 5) is 4.56. The zero-order valence-electron chi connectivity index (χ0n) is 13.3. The van der Waals surface area contributed by atoms with Crippen LogP contribution >= 0.6 is 0 Å². The third-order valence-corrected chi connectivity index (χ3v) is 3.87. The van der Waals surface area contributed by atoms with Crippen molar-refractivity contribution in [2.45, 2.75) is 46.6 Å². The molecular weight excluding hydrogens is 265 g/mol. The molecule has 0 fully saturated rings. The van der Waals surface area contributed by atoms with Crippen LogP contribution in [0.1, 0.15) is 39.4 Å². The Balaban J connectivity index is 2.37. The molecule has 21 heavy (non-hydrogen) atoms. The normalized spacial score (nSPS) is 13.2. The van der Waals surface area contributed by atoms with Crippen molar-refractivity contribution < 1.29 is 4.39 Å². The molecule has 1 atom stereocenters. The summed E-state index contributed by atoms with van der Waals surface area (Å²) < 4.78 is 16.1. The van der Waals surface area contributed by atoms with Gasteiger partial charge in [0.2, 0.25) is 0 Å². The number of rotatable bonds is 7. The lowest BCUT2D eigenvalue weighted by Gasteiger charge is -2.17. The second-order valence-corrected chi connectivity index (χ2v) is 6.22. The summed E-state index contributed by atoms with van der Waals surface area (Å²) >= 11 is 0. The van der Waals surface area contributed by atoms with Gasteiger partial charge in [-0.2, -0.15) is 0 Å². The van der Waals surface area contributed by atoms with Gasteiger partial charge in [-0.25, -0.2) is 9.37 Å². The molecule has 3 nitrogen and oxygen atoms in total. The van der Waals surface area contributed by atoms with Crippen LogP contribution in [0.15, 0.2) is 18.2 Å². The van der Waals surface area contributed by atoms with Gasteiger partial charge in [0.25, 0.3) is 0 Å². The maximum atomic E-state index is 13.9. The minimum Gasteiger partial charge on any atom is -0.330 e. The molecule has 0 aliphatic heterocycles. The number of hydrogen-bond donors (Lipinski definition) is 1. The molecule has 0 bridgehead atoms. The summed E-state index contributed by atoms with van der Waals surface area (Å²) in [6.07, 6.45) is 2.91. The second kappa shape index (κ2) is 7.03. The predicted molar refractivity (Wildman–Crippen MR) is 85.7 cm³/mol. The fraction of sp³-hybridized carbons (Fsp3) is 0.588. The highest BCUT2D eigenvalue weighted by Gasteiger charge is 2.17. The number of aryl methyl sites for hydroxylation is 1. The Hall–Kier alpha value is -1.42. The zero-order chi connectivity index (χ0) is 15.4. The largest absolute Gasteiger partial charge is 0.330 e. The monoisotopic (exact) mass is 291 g/mol. The molecule has 116 valence electrons. The van der Waals surface area contributed by atoms with Crippen LogP contribution in [0.3, 0.4) is 0 Å². The van der Waals surface area contributed by atoms with Gasteiger partial charge >= 0.3 is 0 Å². The predicted octanol–water partition coefficient (Wildman–Crippen LogP) is 3.75. The molecule has 1 heterocycles. The van der Waals surface area contributed by atoms with E-state index in [2.05, 4.69) is 30.3 Å².